The third-order valence-electron chi connectivity index (χ3n) is 4.73. The summed E-state index contributed by atoms with van der Waals surface area (Å²) in [6, 6.07) is 13.6. The van der Waals surface area contributed by atoms with Crippen LogP contribution in [0, 0.1) is 0 Å². The molecule has 0 aromatic heterocycles. The Balaban J connectivity index is 1.84. The van der Waals surface area contributed by atoms with Gasteiger partial charge in [-0.1, -0.05) is 18.2 Å². The van der Waals surface area contributed by atoms with E-state index >= 15 is 0 Å². The SMILES string of the molecule is COc1ccc(NC(=O)C2(S(=O)(=O)N(C)c3ccccc3)CC2)cc1OC. The number of ether oxygens (including phenoxy) is 2. The molecule has 27 heavy (non-hydrogen) atoms. The molecule has 1 N–H and O–H groups in total. The summed E-state index contributed by atoms with van der Waals surface area (Å²) >= 11 is 0. The van der Waals surface area contributed by atoms with Gasteiger partial charge in [0.25, 0.3) is 0 Å². The first-order chi connectivity index (χ1) is 12.9. The van der Waals surface area contributed by atoms with Gasteiger partial charge in [-0.3, -0.25) is 9.10 Å². The maximum atomic E-state index is 13.1. The highest BCUT2D eigenvalue weighted by Crippen LogP contribution is 2.47. The third kappa shape index (κ3) is 3.32. The van der Waals surface area contributed by atoms with E-state index in [1.807, 2.05) is 0 Å². The molecular formula is C19H22N2O5S. The van der Waals surface area contributed by atoms with Gasteiger partial charge in [-0.15, -0.1) is 0 Å². The van der Waals surface area contributed by atoms with Crippen molar-refractivity contribution in [3.8, 4) is 11.5 Å². The van der Waals surface area contributed by atoms with Crippen LogP contribution >= 0.6 is 0 Å². The van der Waals surface area contributed by atoms with Crippen molar-refractivity contribution < 1.29 is 22.7 Å². The average molecular weight is 390 g/mol. The number of para-hydroxylation sites is 1. The molecule has 3 rings (SSSR count). The molecule has 0 spiro atoms. The molecule has 144 valence electrons. The van der Waals surface area contributed by atoms with Gasteiger partial charge in [-0.25, -0.2) is 8.42 Å². The zero-order valence-corrected chi connectivity index (χ0v) is 16.2. The van der Waals surface area contributed by atoms with Crippen LogP contribution in [-0.4, -0.2) is 40.3 Å². The number of sulfonamides is 1. The van der Waals surface area contributed by atoms with Crippen LogP contribution in [0.3, 0.4) is 0 Å². The second kappa shape index (κ2) is 7.11. The average Bonchev–Trinajstić information content (AvgIpc) is 3.50. The molecule has 7 nitrogen and oxygen atoms in total. The number of carbonyl (C=O) groups is 1. The van der Waals surface area contributed by atoms with E-state index in [-0.39, 0.29) is 12.8 Å². The maximum absolute atomic E-state index is 13.1. The number of hydrogen-bond donors (Lipinski definition) is 1. The molecular weight excluding hydrogens is 368 g/mol. The van der Waals surface area contributed by atoms with E-state index in [0.29, 0.717) is 22.9 Å². The predicted octanol–water partition coefficient (Wildman–Crippen LogP) is 2.64. The Bertz CT molecular complexity index is 940. The van der Waals surface area contributed by atoms with E-state index in [9.17, 15) is 13.2 Å². The molecule has 1 saturated carbocycles. The van der Waals surface area contributed by atoms with Crippen molar-refractivity contribution in [1.29, 1.82) is 0 Å². The molecule has 0 radical (unpaired) electrons. The van der Waals surface area contributed by atoms with E-state index < -0.39 is 20.7 Å². The fourth-order valence-electron chi connectivity index (χ4n) is 2.91. The lowest BCUT2D eigenvalue weighted by Crippen LogP contribution is -2.45. The number of amides is 1. The van der Waals surface area contributed by atoms with Crippen molar-refractivity contribution >= 4 is 27.3 Å². The van der Waals surface area contributed by atoms with Gasteiger partial charge in [0.15, 0.2) is 16.2 Å². The van der Waals surface area contributed by atoms with E-state index in [4.69, 9.17) is 9.47 Å². The predicted molar refractivity (Wildman–Crippen MR) is 104 cm³/mol. The molecule has 0 heterocycles. The molecule has 2 aromatic rings. The third-order valence-corrected chi connectivity index (χ3v) is 7.25. The van der Waals surface area contributed by atoms with E-state index in [1.165, 1.54) is 25.6 Å². The number of rotatable bonds is 7. The van der Waals surface area contributed by atoms with Gasteiger partial charge in [0.05, 0.1) is 19.9 Å². The van der Waals surface area contributed by atoms with Gasteiger partial charge in [0, 0.05) is 18.8 Å². The van der Waals surface area contributed by atoms with Gasteiger partial charge >= 0.3 is 0 Å². The quantitative estimate of drug-likeness (QED) is 0.786. The summed E-state index contributed by atoms with van der Waals surface area (Å²) in [4.78, 5) is 12.8. The Morgan fingerprint density at radius 1 is 1.04 bits per heavy atom. The van der Waals surface area contributed by atoms with Gasteiger partial charge in [0.2, 0.25) is 15.9 Å². The Kier molecular flexibility index (Phi) is 5.01. The van der Waals surface area contributed by atoms with Crippen molar-refractivity contribution in [3.63, 3.8) is 0 Å². The summed E-state index contributed by atoms with van der Waals surface area (Å²) in [6.45, 7) is 0. The zero-order chi connectivity index (χ0) is 19.7. The number of carbonyl (C=O) groups excluding carboxylic acids is 1. The fourth-order valence-corrected chi connectivity index (χ4v) is 4.74. The largest absolute Gasteiger partial charge is 0.493 e. The number of anilines is 2. The van der Waals surface area contributed by atoms with Crippen molar-refractivity contribution in [2.45, 2.75) is 17.6 Å². The Morgan fingerprint density at radius 3 is 2.22 bits per heavy atom. The highest BCUT2D eigenvalue weighted by Gasteiger charge is 2.62. The number of nitrogens with one attached hydrogen (secondary N) is 1. The van der Waals surface area contributed by atoms with Crippen LogP contribution in [0.5, 0.6) is 11.5 Å². The Labute approximate surface area is 158 Å². The van der Waals surface area contributed by atoms with Crippen molar-refractivity contribution in [2.24, 2.45) is 0 Å². The molecule has 1 aliphatic rings. The summed E-state index contributed by atoms with van der Waals surface area (Å²) in [6.07, 6.45) is 0.567. The van der Waals surface area contributed by atoms with Gasteiger partial charge in [0.1, 0.15) is 0 Å². The smallest absolute Gasteiger partial charge is 0.249 e. The first-order valence-electron chi connectivity index (χ1n) is 8.43. The monoisotopic (exact) mass is 390 g/mol. The van der Waals surface area contributed by atoms with E-state index in [2.05, 4.69) is 5.32 Å². The van der Waals surface area contributed by atoms with Crippen LogP contribution in [0.15, 0.2) is 48.5 Å². The second-order valence-electron chi connectivity index (χ2n) is 6.33. The Morgan fingerprint density at radius 2 is 1.67 bits per heavy atom. The highest BCUT2D eigenvalue weighted by atomic mass is 32.2. The molecule has 0 aliphatic heterocycles. The number of methoxy groups -OCH3 is 2. The van der Waals surface area contributed by atoms with Gasteiger partial charge in [-0.2, -0.15) is 0 Å². The molecule has 0 bridgehead atoms. The lowest BCUT2D eigenvalue weighted by Gasteiger charge is -2.25. The van der Waals surface area contributed by atoms with Gasteiger partial charge < -0.3 is 14.8 Å². The highest BCUT2D eigenvalue weighted by molar-refractivity contribution is 7.95. The molecule has 0 unspecified atom stereocenters. The minimum atomic E-state index is -3.86. The molecule has 1 amide bonds. The van der Waals surface area contributed by atoms with Crippen LogP contribution < -0.4 is 19.1 Å². The van der Waals surface area contributed by atoms with Crippen LogP contribution in [0.25, 0.3) is 0 Å². The standard InChI is InChI=1S/C19H22N2O5S/c1-21(15-7-5-4-6-8-15)27(23,24)19(11-12-19)18(22)20-14-9-10-16(25-2)17(13-14)26-3/h4-10,13H,11-12H2,1-3H3,(H,20,22). The number of hydrogen-bond acceptors (Lipinski definition) is 5. The Hall–Kier alpha value is -2.74. The lowest BCUT2D eigenvalue weighted by atomic mass is 10.2. The van der Waals surface area contributed by atoms with Crippen LogP contribution in [0.1, 0.15) is 12.8 Å². The van der Waals surface area contributed by atoms with Crippen molar-refractivity contribution in [3.05, 3.63) is 48.5 Å². The topological polar surface area (TPSA) is 84.9 Å². The second-order valence-corrected chi connectivity index (χ2v) is 8.61. The van der Waals surface area contributed by atoms with Crippen molar-refractivity contribution in [2.75, 3.05) is 30.9 Å². The normalized spacial score (nSPS) is 14.9. The summed E-state index contributed by atoms with van der Waals surface area (Å²) in [7, 11) is 0.610. The summed E-state index contributed by atoms with van der Waals surface area (Å²) in [5.74, 6) is 0.426. The van der Waals surface area contributed by atoms with Crippen molar-refractivity contribution in [1.82, 2.24) is 0 Å². The molecule has 2 aromatic carbocycles. The van der Waals surface area contributed by atoms with Gasteiger partial charge in [-0.05, 0) is 37.1 Å². The lowest BCUT2D eigenvalue weighted by molar-refractivity contribution is -0.116. The molecule has 1 fully saturated rings. The summed E-state index contributed by atoms with van der Waals surface area (Å²) < 4.78 is 36.3. The molecule has 1 aliphatic carbocycles. The van der Waals surface area contributed by atoms with Crippen LogP contribution in [0.2, 0.25) is 0 Å². The fraction of sp³-hybridized carbons (Fsp3) is 0.316. The minimum Gasteiger partial charge on any atom is -0.493 e. The first kappa shape index (κ1) is 19.0. The molecule has 8 heteroatoms. The zero-order valence-electron chi connectivity index (χ0n) is 15.4. The number of benzene rings is 2. The van der Waals surface area contributed by atoms with E-state index in [1.54, 1.807) is 48.5 Å². The molecule has 0 atom stereocenters. The first-order valence-corrected chi connectivity index (χ1v) is 9.87. The van der Waals surface area contributed by atoms with Crippen LogP contribution in [-0.2, 0) is 14.8 Å². The number of nitrogens with zero attached hydrogens (tertiary/aromatic N) is 1. The molecule has 0 saturated heterocycles. The summed E-state index contributed by atoms with van der Waals surface area (Å²) in [5, 5.41) is 2.70. The van der Waals surface area contributed by atoms with Crippen LogP contribution in [0.4, 0.5) is 11.4 Å². The minimum absolute atomic E-state index is 0.283. The van der Waals surface area contributed by atoms with E-state index in [0.717, 1.165) is 0 Å². The summed E-state index contributed by atoms with van der Waals surface area (Å²) in [5.41, 5.74) is 0.962. The maximum Gasteiger partial charge on any atom is 0.249 e.